The summed E-state index contributed by atoms with van der Waals surface area (Å²) in [5, 5.41) is 10.8. The monoisotopic (exact) mass is 655 g/mol. The molecule has 0 aromatic heterocycles. The van der Waals surface area contributed by atoms with E-state index in [4.69, 9.17) is 0 Å². The molecule has 0 unspecified atom stereocenters. The minimum absolute atomic E-state index is 0.123. The highest BCUT2D eigenvalue weighted by molar-refractivity contribution is 7.98. The molecule has 2 fully saturated rings. The minimum atomic E-state index is -4.74. The van der Waals surface area contributed by atoms with Crippen molar-refractivity contribution in [3.8, 4) is 0 Å². The van der Waals surface area contributed by atoms with E-state index in [9.17, 15) is 36.0 Å². The first kappa shape index (κ1) is 33.6. The second-order valence-electron chi connectivity index (χ2n) is 10.8. The van der Waals surface area contributed by atoms with Crippen LogP contribution in [0.4, 0.5) is 23.7 Å². The Morgan fingerprint density at radius 2 is 1.70 bits per heavy atom. The average molecular weight is 656 g/mol. The molecule has 4 N–H and O–H groups in total. The van der Waals surface area contributed by atoms with Crippen LogP contribution in [0.2, 0.25) is 0 Å². The number of carbonyl (C=O) groups excluding carboxylic acids is 3. The molecule has 4 amide bonds. The van der Waals surface area contributed by atoms with Crippen molar-refractivity contribution in [3.05, 3.63) is 53.6 Å². The SMILES string of the molecule is CSc1ccc(S(=O)(=O)C[C@@H]2CCCC[C@@H]2NC(=O)CNC(=O)c2cc(C(F)(F)F)ccc2NC(=O)N2CCNCC2)cc1. The molecule has 240 valence electrons. The summed E-state index contributed by atoms with van der Waals surface area (Å²) in [5.41, 5.74) is -1.64. The highest BCUT2D eigenvalue weighted by atomic mass is 32.2. The maximum atomic E-state index is 13.4. The second kappa shape index (κ2) is 14.7. The lowest BCUT2D eigenvalue weighted by Crippen LogP contribution is -2.48. The molecular weight excluding hydrogens is 619 g/mol. The number of rotatable bonds is 9. The summed E-state index contributed by atoms with van der Waals surface area (Å²) in [6.07, 6.45) is -0.0860. The molecule has 0 bridgehead atoms. The fourth-order valence-corrected chi connectivity index (χ4v) is 7.47. The Hall–Kier alpha value is -3.30. The molecule has 1 aliphatic heterocycles. The van der Waals surface area contributed by atoms with E-state index in [0.717, 1.165) is 29.9 Å². The van der Waals surface area contributed by atoms with Gasteiger partial charge >= 0.3 is 12.2 Å². The number of alkyl halides is 3. The molecule has 1 heterocycles. The molecule has 44 heavy (non-hydrogen) atoms. The largest absolute Gasteiger partial charge is 0.416 e. The summed E-state index contributed by atoms with van der Waals surface area (Å²) in [6.45, 7) is 1.35. The Morgan fingerprint density at radius 3 is 2.36 bits per heavy atom. The number of nitrogens with one attached hydrogen (secondary N) is 4. The number of sulfone groups is 1. The molecule has 2 aliphatic rings. The fraction of sp³-hybridized carbons (Fsp3) is 0.483. The average Bonchev–Trinajstić information content (AvgIpc) is 3.00. The van der Waals surface area contributed by atoms with Crippen LogP contribution in [0, 0.1) is 5.92 Å². The van der Waals surface area contributed by atoms with Crippen molar-refractivity contribution in [2.75, 3.05) is 50.0 Å². The van der Waals surface area contributed by atoms with Gasteiger partial charge in [0.05, 0.1) is 34.0 Å². The Labute approximate surface area is 258 Å². The molecule has 15 heteroatoms. The summed E-state index contributed by atoms with van der Waals surface area (Å²) >= 11 is 1.50. The van der Waals surface area contributed by atoms with Gasteiger partial charge in [0, 0.05) is 37.1 Å². The predicted octanol–water partition coefficient (Wildman–Crippen LogP) is 3.74. The number of nitrogens with zero attached hydrogens (tertiary/aromatic N) is 1. The lowest BCUT2D eigenvalue weighted by molar-refractivity contribution is -0.137. The third-order valence-electron chi connectivity index (χ3n) is 7.75. The molecule has 2 atom stereocenters. The smallest absolute Gasteiger partial charge is 0.352 e. The minimum Gasteiger partial charge on any atom is -0.352 e. The van der Waals surface area contributed by atoms with Crippen molar-refractivity contribution >= 4 is 45.1 Å². The lowest BCUT2D eigenvalue weighted by Gasteiger charge is -2.32. The number of amides is 4. The van der Waals surface area contributed by atoms with Gasteiger partial charge < -0.3 is 26.2 Å². The highest BCUT2D eigenvalue weighted by Gasteiger charge is 2.33. The zero-order valence-electron chi connectivity index (χ0n) is 24.2. The van der Waals surface area contributed by atoms with Gasteiger partial charge in [0.1, 0.15) is 0 Å². The van der Waals surface area contributed by atoms with Crippen LogP contribution in [-0.4, -0.2) is 81.9 Å². The van der Waals surface area contributed by atoms with Gasteiger partial charge in [-0.15, -0.1) is 11.8 Å². The first-order valence-corrected chi connectivity index (χ1v) is 17.2. The molecule has 1 saturated carbocycles. The summed E-state index contributed by atoms with van der Waals surface area (Å²) in [5.74, 6) is -2.07. The molecule has 2 aromatic rings. The molecule has 2 aromatic carbocycles. The van der Waals surface area contributed by atoms with Gasteiger partial charge in [-0.05, 0) is 67.5 Å². The van der Waals surface area contributed by atoms with Gasteiger partial charge in [-0.2, -0.15) is 13.2 Å². The Balaban J connectivity index is 1.40. The standard InChI is InChI=1S/C29H36F3N5O5S2/c1-43-21-7-9-22(10-8-21)44(41,42)18-19-4-2-3-5-24(19)35-26(38)17-34-27(39)23-16-20(29(30,31)32)6-11-25(23)36-28(40)37-14-12-33-13-15-37/h6-11,16,19,24,33H,2-5,12-15,17-18H2,1H3,(H,34,39)(H,35,38)(H,36,40)/t19-,24-/m0/s1. The summed E-state index contributed by atoms with van der Waals surface area (Å²) in [4.78, 5) is 41.2. The molecule has 1 aliphatic carbocycles. The van der Waals surface area contributed by atoms with Crippen molar-refractivity contribution in [3.63, 3.8) is 0 Å². The van der Waals surface area contributed by atoms with Crippen LogP contribution < -0.4 is 21.3 Å². The van der Waals surface area contributed by atoms with Crippen LogP contribution in [0.15, 0.2) is 52.3 Å². The number of benzene rings is 2. The van der Waals surface area contributed by atoms with Crippen molar-refractivity contribution in [1.82, 2.24) is 20.9 Å². The van der Waals surface area contributed by atoms with Gasteiger partial charge in [0.2, 0.25) is 5.91 Å². The lowest BCUT2D eigenvalue weighted by atomic mass is 9.86. The number of urea groups is 1. The van der Waals surface area contributed by atoms with Crippen LogP contribution in [0.5, 0.6) is 0 Å². The molecule has 10 nitrogen and oxygen atoms in total. The topological polar surface area (TPSA) is 137 Å². The van der Waals surface area contributed by atoms with Crippen molar-refractivity contribution < 1.29 is 36.0 Å². The van der Waals surface area contributed by atoms with E-state index in [2.05, 4.69) is 21.3 Å². The van der Waals surface area contributed by atoms with Crippen LogP contribution in [0.3, 0.4) is 0 Å². The first-order valence-electron chi connectivity index (χ1n) is 14.3. The van der Waals surface area contributed by atoms with E-state index in [1.54, 1.807) is 24.3 Å². The summed E-state index contributed by atoms with van der Waals surface area (Å²) in [6, 6.07) is 8.04. The van der Waals surface area contributed by atoms with E-state index in [-0.39, 0.29) is 22.3 Å². The molecular formula is C29H36F3N5O5S2. The van der Waals surface area contributed by atoms with Gasteiger partial charge in [0.25, 0.3) is 5.91 Å². The van der Waals surface area contributed by atoms with Gasteiger partial charge in [0.15, 0.2) is 9.84 Å². The molecule has 1 saturated heterocycles. The van der Waals surface area contributed by atoms with Crippen LogP contribution in [-0.2, 0) is 20.8 Å². The number of thioether (sulfide) groups is 1. The summed E-state index contributed by atoms with van der Waals surface area (Å²) in [7, 11) is -3.62. The zero-order chi connectivity index (χ0) is 31.9. The van der Waals surface area contributed by atoms with Gasteiger partial charge in [-0.25, -0.2) is 13.2 Å². The summed E-state index contributed by atoms with van der Waals surface area (Å²) < 4.78 is 66.6. The maximum absolute atomic E-state index is 13.4. The fourth-order valence-electron chi connectivity index (χ4n) is 5.35. The third kappa shape index (κ3) is 8.88. The van der Waals surface area contributed by atoms with Crippen molar-refractivity contribution in [2.45, 2.75) is 47.7 Å². The van der Waals surface area contributed by atoms with E-state index < -0.39 is 57.6 Å². The van der Waals surface area contributed by atoms with E-state index in [1.807, 2.05) is 6.26 Å². The number of piperazine rings is 1. The third-order valence-corrected chi connectivity index (χ3v) is 10.4. The van der Waals surface area contributed by atoms with E-state index in [0.29, 0.717) is 45.1 Å². The van der Waals surface area contributed by atoms with Gasteiger partial charge in [-0.3, -0.25) is 9.59 Å². The second-order valence-corrected chi connectivity index (χ2v) is 13.7. The predicted molar refractivity (Wildman–Crippen MR) is 161 cm³/mol. The van der Waals surface area contributed by atoms with Crippen LogP contribution in [0.25, 0.3) is 0 Å². The molecule has 0 spiro atoms. The Kier molecular flexibility index (Phi) is 11.2. The van der Waals surface area contributed by atoms with Crippen LogP contribution in [0.1, 0.15) is 41.6 Å². The molecule has 0 radical (unpaired) electrons. The first-order chi connectivity index (χ1) is 20.9. The number of hydrogen-bond acceptors (Lipinski definition) is 7. The quantitative estimate of drug-likeness (QED) is 0.302. The van der Waals surface area contributed by atoms with E-state index in [1.165, 1.54) is 16.7 Å². The van der Waals surface area contributed by atoms with Gasteiger partial charge in [-0.1, -0.05) is 12.8 Å². The number of halogens is 3. The normalized spacial score (nSPS) is 19.2. The Bertz CT molecular complexity index is 1450. The van der Waals surface area contributed by atoms with E-state index >= 15 is 0 Å². The van der Waals surface area contributed by atoms with Crippen LogP contribution >= 0.6 is 11.8 Å². The Morgan fingerprint density at radius 1 is 1.02 bits per heavy atom. The maximum Gasteiger partial charge on any atom is 0.416 e. The van der Waals surface area contributed by atoms with Crippen molar-refractivity contribution in [1.29, 1.82) is 0 Å². The number of carbonyl (C=O) groups is 3. The molecule has 4 rings (SSSR count). The highest BCUT2D eigenvalue weighted by Crippen LogP contribution is 2.32. The number of hydrogen-bond donors (Lipinski definition) is 4. The number of anilines is 1. The van der Waals surface area contributed by atoms with Crippen molar-refractivity contribution in [2.24, 2.45) is 5.92 Å². The zero-order valence-corrected chi connectivity index (χ0v) is 25.8.